The summed E-state index contributed by atoms with van der Waals surface area (Å²) in [5, 5.41) is 4.21. The van der Waals surface area contributed by atoms with Gasteiger partial charge in [0.2, 0.25) is 0 Å². The van der Waals surface area contributed by atoms with Gasteiger partial charge in [0, 0.05) is 0 Å². The molecule has 78 valence electrons. The highest BCUT2D eigenvalue weighted by Gasteiger charge is 1.98. The van der Waals surface area contributed by atoms with Gasteiger partial charge in [0.15, 0.2) is 0 Å². The molecule has 0 aliphatic heterocycles. The number of hydrogen-bond donors (Lipinski definition) is 1. The first kappa shape index (κ1) is 9.67. The Bertz CT molecular complexity index is 435. The molecule has 0 aliphatic rings. The fraction of sp³-hybridized carbons (Fsp3) is 0.200. The molecule has 0 radical (unpaired) electrons. The van der Waals surface area contributed by atoms with Crippen molar-refractivity contribution in [2.75, 3.05) is 12.6 Å². The van der Waals surface area contributed by atoms with Gasteiger partial charge in [0.1, 0.15) is 12.2 Å². The van der Waals surface area contributed by atoms with Crippen molar-refractivity contribution in [3.8, 4) is 5.69 Å². The highest BCUT2D eigenvalue weighted by molar-refractivity contribution is 5.46. The number of nitrogens with zero attached hydrogens (tertiary/aromatic N) is 3. The average Bonchev–Trinajstić information content (AvgIpc) is 2.67. The number of nitrogens with one attached hydrogen (secondary N) is 1. The van der Waals surface area contributed by atoms with Crippen LogP contribution in [0.3, 0.4) is 0 Å². The Balaban J connectivity index is 2.23. The minimum atomic E-state index is 0.758. The van der Waals surface area contributed by atoms with Crippen LogP contribution in [0.1, 0.15) is 5.82 Å². The Morgan fingerprint density at radius 1 is 1.27 bits per heavy atom. The fourth-order valence-corrected chi connectivity index (χ4v) is 1.27. The second-order valence-electron chi connectivity index (χ2n) is 3.09. The largest absolute Gasteiger partial charge is 0.279 e. The lowest BCUT2D eigenvalue weighted by atomic mass is 10.3. The van der Waals surface area contributed by atoms with Gasteiger partial charge < -0.3 is 0 Å². The van der Waals surface area contributed by atoms with E-state index in [9.17, 15) is 0 Å². The van der Waals surface area contributed by atoms with Gasteiger partial charge in [-0.05, 0) is 31.2 Å². The SMILES string of the molecule is CONc1ccc(-n2cnc(C)n2)cc1. The smallest absolute Gasteiger partial charge is 0.147 e. The number of hydrogen-bond acceptors (Lipinski definition) is 4. The van der Waals surface area contributed by atoms with Gasteiger partial charge in [-0.1, -0.05) is 0 Å². The summed E-state index contributed by atoms with van der Waals surface area (Å²) in [6.45, 7) is 1.86. The molecule has 1 aromatic carbocycles. The third kappa shape index (κ3) is 2.13. The molecule has 0 spiro atoms. The Morgan fingerprint density at radius 2 is 2.00 bits per heavy atom. The molecular formula is C10H12N4O. The third-order valence-corrected chi connectivity index (χ3v) is 1.96. The molecule has 15 heavy (non-hydrogen) atoms. The summed E-state index contributed by atoms with van der Waals surface area (Å²) in [7, 11) is 1.58. The molecule has 0 unspecified atom stereocenters. The third-order valence-electron chi connectivity index (χ3n) is 1.96. The second kappa shape index (κ2) is 4.10. The number of benzene rings is 1. The molecule has 5 heteroatoms. The van der Waals surface area contributed by atoms with Crippen LogP contribution in [0.15, 0.2) is 30.6 Å². The van der Waals surface area contributed by atoms with E-state index in [1.807, 2.05) is 31.2 Å². The molecule has 0 aliphatic carbocycles. The lowest BCUT2D eigenvalue weighted by Crippen LogP contribution is -1.97. The standard InChI is InChI=1S/C10H12N4O/c1-8-11-7-14(12-8)10-5-3-9(4-6-10)13-15-2/h3-7,13H,1-2H3. The summed E-state index contributed by atoms with van der Waals surface area (Å²) in [5.74, 6) is 0.758. The maximum atomic E-state index is 4.79. The predicted molar refractivity (Wildman–Crippen MR) is 56.7 cm³/mol. The minimum absolute atomic E-state index is 0.758. The van der Waals surface area contributed by atoms with E-state index in [0.29, 0.717) is 0 Å². The normalized spacial score (nSPS) is 10.3. The van der Waals surface area contributed by atoms with E-state index >= 15 is 0 Å². The van der Waals surface area contributed by atoms with Gasteiger partial charge in [-0.15, -0.1) is 0 Å². The van der Waals surface area contributed by atoms with Crippen molar-refractivity contribution in [2.45, 2.75) is 6.92 Å². The summed E-state index contributed by atoms with van der Waals surface area (Å²) in [5.41, 5.74) is 4.62. The zero-order chi connectivity index (χ0) is 10.7. The lowest BCUT2D eigenvalue weighted by molar-refractivity contribution is 0.271. The van der Waals surface area contributed by atoms with Crippen molar-refractivity contribution in [2.24, 2.45) is 0 Å². The summed E-state index contributed by atoms with van der Waals surface area (Å²) >= 11 is 0. The lowest BCUT2D eigenvalue weighted by Gasteiger charge is -2.04. The zero-order valence-electron chi connectivity index (χ0n) is 8.64. The van der Waals surface area contributed by atoms with E-state index in [0.717, 1.165) is 17.2 Å². The zero-order valence-corrected chi connectivity index (χ0v) is 8.64. The maximum Gasteiger partial charge on any atom is 0.147 e. The topological polar surface area (TPSA) is 52.0 Å². The Hall–Kier alpha value is -1.88. The molecule has 0 saturated carbocycles. The molecule has 1 N–H and O–H groups in total. The first-order valence-electron chi connectivity index (χ1n) is 4.57. The average molecular weight is 204 g/mol. The van der Waals surface area contributed by atoms with Crippen molar-refractivity contribution in [3.63, 3.8) is 0 Å². The van der Waals surface area contributed by atoms with Gasteiger partial charge in [-0.3, -0.25) is 10.3 Å². The van der Waals surface area contributed by atoms with Gasteiger partial charge in [0.05, 0.1) is 18.5 Å². The first-order valence-corrected chi connectivity index (χ1v) is 4.57. The van der Waals surface area contributed by atoms with Crippen LogP contribution in [-0.2, 0) is 4.84 Å². The monoisotopic (exact) mass is 204 g/mol. The highest BCUT2D eigenvalue weighted by atomic mass is 16.6. The van der Waals surface area contributed by atoms with Crippen molar-refractivity contribution >= 4 is 5.69 Å². The number of rotatable bonds is 3. The molecule has 5 nitrogen and oxygen atoms in total. The second-order valence-corrected chi connectivity index (χ2v) is 3.09. The molecule has 2 rings (SSSR count). The quantitative estimate of drug-likeness (QED) is 0.771. The van der Waals surface area contributed by atoms with Crippen molar-refractivity contribution < 1.29 is 4.84 Å². The van der Waals surface area contributed by atoms with E-state index in [4.69, 9.17) is 4.84 Å². The molecule has 1 heterocycles. The maximum absolute atomic E-state index is 4.79. The van der Waals surface area contributed by atoms with E-state index in [1.54, 1.807) is 18.1 Å². The summed E-state index contributed by atoms with van der Waals surface area (Å²) in [4.78, 5) is 8.86. The molecule has 0 bridgehead atoms. The Labute approximate surface area is 87.7 Å². The molecule has 2 aromatic rings. The van der Waals surface area contributed by atoms with Gasteiger partial charge >= 0.3 is 0 Å². The van der Waals surface area contributed by atoms with Crippen LogP contribution >= 0.6 is 0 Å². The van der Waals surface area contributed by atoms with Crippen LogP contribution in [0.2, 0.25) is 0 Å². The number of aromatic nitrogens is 3. The van der Waals surface area contributed by atoms with E-state index < -0.39 is 0 Å². The van der Waals surface area contributed by atoms with E-state index in [1.165, 1.54) is 0 Å². The van der Waals surface area contributed by atoms with Crippen LogP contribution in [0.5, 0.6) is 0 Å². The van der Waals surface area contributed by atoms with Crippen LogP contribution in [-0.4, -0.2) is 21.9 Å². The predicted octanol–water partition coefficient (Wildman–Crippen LogP) is 1.55. The van der Waals surface area contributed by atoms with Crippen molar-refractivity contribution in [1.82, 2.24) is 14.8 Å². The molecule has 0 fully saturated rings. The molecule has 1 aromatic heterocycles. The minimum Gasteiger partial charge on any atom is -0.279 e. The van der Waals surface area contributed by atoms with Crippen molar-refractivity contribution in [1.29, 1.82) is 0 Å². The van der Waals surface area contributed by atoms with Crippen LogP contribution in [0.4, 0.5) is 5.69 Å². The molecule has 0 atom stereocenters. The number of aryl methyl sites for hydroxylation is 1. The van der Waals surface area contributed by atoms with Crippen LogP contribution in [0.25, 0.3) is 5.69 Å². The van der Waals surface area contributed by atoms with Crippen LogP contribution < -0.4 is 5.48 Å². The molecular weight excluding hydrogens is 192 g/mol. The summed E-state index contributed by atoms with van der Waals surface area (Å²) in [6.07, 6.45) is 1.69. The van der Waals surface area contributed by atoms with Gasteiger partial charge in [-0.25, -0.2) is 9.67 Å². The first-order chi connectivity index (χ1) is 7.29. The van der Waals surface area contributed by atoms with Crippen LogP contribution in [0, 0.1) is 6.92 Å². The van der Waals surface area contributed by atoms with Gasteiger partial charge in [-0.2, -0.15) is 5.10 Å². The summed E-state index contributed by atoms with van der Waals surface area (Å²) in [6, 6.07) is 7.70. The summed E-state index contributed by atoms with van der Waals surface area (Å²) < 4.78 is 1.73. The van der Waals surface area contributed by atoms with Crippen molar-refractivity contribution in [3.05, 3.63) is 36.4 Å². The van der Waals surface area contributed by atoms with E-state index in [2.05, 4.69) is 15.6 Å². The molecule has 0 saturated heterocycles. The Morgan fingerprint density at radius 3 is 2.53 bits per heavy atom. The number of anilines is 1. The van der Waals surface area contributed by atoms with Gasteiger partial charge in [0.25, 0.3) is 0 Å². The fourth-order valence-electron chi connectivity index (χ4n) is 1.27. The Kier molecular flexibility index (Phi) is 2.64. The molecule has 0 amide bonds. The highest BCUT2D eigenvalue weighted by Crippen LogP contribution is 2.12. The van der Waals surface area contributed by atoms with E-state index in [-0.39, 0.29) is 0 Å².